The normalized spacial score (nSPS) is 13.1. The lowest BCUT2D eigenvalue weighted by molar-refractivity contribution is 0.286. The van der Waals surface area contributed by atoms with Crippen molar-refractivity contribution in [3.63, 3.8) is 0 Å². The van der Waals surface area contributed by atoms with Crippen molar-refractivity contribution in [3.05, 3.63) is 20.8 Å². The van der Waals surface area contributed by atoms with Gasteiger partial charge in [0.2, 0.25) is 0 Å². The molecule has 1 unspecified atom stereocenters. The Labute approximate surface area is 135 Å². The van der Waals surface area contributed by atoms with Crippen LogP contribution in [0.15, 0.2) is 9.59 Å². The van der Waals surface area contributed by atoms with Crippen LogP contribution in [-0.4, -0.2) is 49.1 Å². The van der Waals surface area contributed by atoms with Gasteiger partial charge in [-0.25, -0.2) is 9.48 Å². The molecule has 0 bridgehead atoms. The highest BCUT2D eigenvalue weighted by Crippen LogP contribution is 2.08. The summed E-state index contributed by atoms with van der Waals surface area (Å²) in [5, 5.41) is 8.19. The quantitative estimate of drug-likeness (QED) is 0.771. The van der Waals surface area contributed by atoms with Crippen LogP contribution < -0.4 is 11.2 Å². The first-order valence-corrected chi connectivity index (χ1v) is 8.30. The van der Waals surface area contributed by atoms with Crippen molar-refractivity contribution in [3.8, 4) is 0 Å². The van der Waals surface area contributed by atoms with E-state index in [1.165, 1.54) is 4.57 Å². The maximum atomic E-state index is 12.2. The standard InChI is InChI=1S/C15H26N6O2/c1-5-11(4)10-20-13-12(14(22)16-15(20)23)21(18-17-13)9-8-19(6-2)7-3/h11H,5-10H2,1-4H3,(H,16,22,23). The molecule has 2 heterocycles. The van der Waals surface area contributed by atoms with E-state index in [0.717, 1.165) is 26.1 Å². The Hall–Kier alpha value is -1.96. The average Bonchev–Trinajstić information content (AvgIpc) is 2.96. The number of aromatic nitrogens is 5. The maximum Gasteiger partial charge on any atom is 0.330 e. The third-order valence-corrected chi connectivity index (χ3v) is 4.37. The van der Waals surface area contributed by atoms with Crippen molar-refractivity contribution >= 4 is 11.2 Å². The molecule has 0 saturated heterocycles. The van der Waals surface area contributed by atoms with E-state index in [4.69, 9.17) is 0 Å². The molecular formula is C15H26N6O2. The van der Waals surface area contributed by atoms with Gasteiger partial charge in [0.15, 0.2) is 11.2 Å². The highest BCUT2D eigenvalue weighted by molar-refractivity contribution is 5.68. The van der Waals surface area contributed by atoms with Crippen molar-refractivity contribution < 1.29 is 0 Å². The molecule has 0 aliphatic rings. The largest absolute Gasteiger partial charge is 0.330 e. The number of hydrogen-bond acceptors (Lipinski definition) is 5. The third-order valence-electron chi connectivity index (χ3n) is 4.37. The lowest BCUT2D eigenvalue weighted by atomic mass is 10.1. The molecule has 0 radical (unpaired) electrons. The molecule has 2 rings (SSSR count). The summed E-state index contributed by atoms with van der Waals surface area (Å²) in [6.45, 7) is 12.1. The van der Waals surface area contributed by atoms with Gasteiger partial charge in [-0.2, -0.15) is 0 Å². The predicted molar refractivity (Wildman–Crippen MR) is 89.7 cm³/mol. The number of aromatic amines is 1. The lowest BCUT2D eigenvalue weighted by Crippen LogP contribution is -2.33. The molecule has 128 valence electrons. The third kappa shape index (κ3) is 3.69. The lowest BCUT2D eigenvalue weighted by Gasteiger charge is -2.17. The molecule has 0 fully saturated rings. The van der Waals surface area contributed by atoms with E-state index in [9.17, 15) is 9.59 Å². The van der Waals surface area contributed by atoms with Crippen molar-refractivity contribution in [2.45, 2.75) is 47.2 Å². The second-order valence-corrected chi connectivity index (χ2v) is 5.89. The molecule has 8 nitrogen and oxygen atoms in total. The first-order valence-electron chi connectivity index (χ1n) is 8.30. The molecule has 0 aliphatic carbocycles. The second kappa shape index (κ2) is 7.54. The Kier molecular flexibility index (Phi) is 5.70. The Morgan fingerprint density at radius 1 is 1.22 bits per heavy atom. The summed E-state index contributed by atoms with van der Waals surface area (Å²) in [6, 6.07) is 0. The van der Waals surface area contributed by atoms with Gasteiger partial charge in [0.25, 0.3) is 5.56 Å². The number of H-pyrrole nitrogens is 1. The van der Waals surface area contributed by atoms with Crippen LogP contribution >= 0.6 is 0 Å². The predicted octanol–water partition coefficient (Wildman–Crippen LogP) is 0.669. The van der Waals surface area contributed by atoms with Gasteiger partial charge in [-0.15, -0.1) is 5.10 Å². The molecule has 0 spiro atoms. The molecule has 1 N–H and O–H groups in total. The van der Waals surface area contributed by atoms with Crippen LogP contribution in [0.25, 0.3) is 11.2 Å². The fourth-order valence-electron chi connectivity index (χ4n) is 2.57. The van der Waals surface area contributed by atoms with Crippen molar-refractivity contribution in [2.24, 2.45) is 5.92 Å². The molecule has 2 aromatic rings. The monoisotopic (exact) mass is 322 g/mol. The summed E-state index contributed by atoms with van der Waals surface area (Å²) in [5.74, 6) is 0.322. The molecule has 8 heteroatoms. The second-order valence-electron chi connectivity index (χ2n) is 5.89. The minimum Gasteiger partial charge on any atom is -0.302 e. The van der Waals surface area contributed by atoms with Crippen molar-refractivity contribution in [1.29, 1.82) is 0 Å². The molecule has 0 saturated carbocycles. The zero-order valence-electron chi connectivity index (χ0n) is 14.4. The van der Waals surface area contributed by atoms with Crippen molar-refractivity contribution in [2.75, 3.05) is 19.6 Å². The number of nitrogens with zero attached hydrogens (tertiary/aromatic N) is 5. The molecule has 1 atom stereocenters. The van der Waals surface area contributed by atoms with E-state index in [1.807, 2.05) is 0 Å². The van der Waals surface area contributed by atoms with Gasteiger partial charge in [0.1, 0.15) is 0 Å². The first kappa shape index (κ1) is 17.4. The van der Waals surface area contributed by atoms with E-state index in [1.54, 1.807) is 4.68 Å². The summed E-state index contributed by atoms with van der Waals surface area (Å²) in [4.78, 5) is 28.9. The van der Waals surface area contributed by atoms with Gasteiger partial charge in [-0.05, 0) is 19.0 Å². The molecule has 0 aliphatic heterocycles. The van der Waals surface area contributed by atoms with Crippen LogP contribution in [0.5, 0.6) is 0 Å². The number of rotatable bonds is 8. The van der Waals surface area contributed by atoms with E-state index < -0.39 is 11.2 Å². The first-order chi connectivity index (χ1) is 11.0. The Balaban J connectivity index is 2.41. The van der Waals surface area contributed by atoms with Gasteiger partial charge in [0, 0.05) is 13.1 Å². The maximum absolute atomic E-state index is 12.2. The highest BCUT2D eigenvalue weighted by atomic mass is 16.2. The average molecular weight is 322 g/mol. The van der Waals surface area contributed by atoms with E-state index >= 15 is 0 Å². The van der Waals surface area contributed by atoms with E-state index in [0.29, 0.717) is 30.2 Å². The SMILES string of the molecule is CCC(C)Cn1c(=O)[nH]c(=O)c2c1nnn2CCN(CC)CC. The molecule has 2 aromatic heterocycles. The number of fused-ring (bicyclic) bond motifs is 1. The van der Waals surface area contributed by atoms with Gasteiger partial charge >= 0.3 is 5.69 Å². The molecule has 0 amide bonds. The van der Waals surface area contributed by atoms with E-state index in [2.05, 4.69) is 47.9 Å². The zero-order chi connectivity index (χ0) is 17.0. The fourth-order valence-corrected chi connectivity index (χ4v) is 2.57. The van der Waals surface area contributed by atoms with Gasteiger partial charge in [-0.3, -0.25) is 14.3 Å². The smallest absolute Gasteiger partial charge is 0.302 e. The molecule has 23 heavy (non-hydrogen) atoms. The van der Waals surface area contributed by atoms with Gasteiger partial charge in [0.05, 0.1) is 6.54 Å². The van der Waals surface area contributed by atoms with Gasteiger partial charge < -0.3 is 4.90 Å². The van der Waals surface area contributed by atoms with Crippen LogP contribution in [0.3, 0.4) is 0 Å². The summed E-state index contributed by atoms with van der Waals surface area (Å²) < 4.78 is 3.12. The Morgan fingerprint density at radius 3 is 2.52 bits per heavy atom. The minimum atomic E-state index is -0.421. The van der Waals surface area contributed by atoms with E-state index in [-0.39, 0.29) is 0 Å². The topological polar surface area (TPSA) is 88.8 Å². The van der Waals surface area contributed by atoms with Crippen LogP contribution in [0.4, 0.5) is 0 Å². The summed E-state index contributed by atoms with van der Waals surface area (Å²) in [7, 11) is 0. The highest BCUT2D eigenvalue weighted by Gasteiger charge is 2.16. The Morgan fingerprint density at radius 2 is 1.91 bits per heavy atom. The summed E-state index contributed by atoms with van der Waals surface area (Å²) >= 11 is 0. The van der Waals surface area contributed by atoms with Gasteiger partial charge in [-0.1, -0.05) is 39.3 Å². The molecular weight excluding hydrogens is 296 g/mol. The Bertz CT molecular complexity index is 755. The van der Waals surface area contributed by atoms with Crippen LogP contribution in [0, 0.1) is 5.92 Å². The summed E-state index contributed by atoms with van der Waals surface area (Å²) in [5.41, 5.74) is -0.0906. The summed E-state index contributed by atoms with van der Waals surface area (Å²) in [6.07, 6.45) is 0.948. The van der Waals surface area contributed by atoms with Crippen molar-refractivity contribution in [1.82, 2.24) is 29.4 Å². The van der Waals surface area contributed by atoms with Crippen LogP contribution in [0.1, 0.15) is 34.1 Å². The number of nitrogens with one attached hydrogen (secondary N) is 1. The zero-order valence-corrected chi connectivity index (χ0v) is 14.4. The fraction of sp³-hybridized carbons (Fsp3) is 0.733. The minimum absolute atomic E-state index is 0.322. The number of likely N-dealkylation sites (N-methyl/N-ethyl adjacent to an activating group) is 1. The van der Waals surface area contributed by atoms with Crippen LogP contribution in [-0.2, 0) is 13.1 Å². The molecule has 0 aromatic carbocycles. The number of hydrogen-bond donors (Lipinski definition) is 1. The van der Waals surface area contributed by atoms with Crippen LogP contribution in [0.2, 0.25) is 0 Å².